The van der Waals surface area contributed by atoms with Gasteiger partial charge in [-0.3, -0.25) is 4.79 Å². The summed E-state index contributed by atoms with van der Waals surface area (Å²) < 4.78 is 2.14. The first-order valence-electron chi connectivity index (χ1n) is 8.32. The van der Waals surface area contributed by atoms with Crippen molar-refractivity contribution in [2.75, 3.05) is 0 Å². The van der Waals surface area contributed by atoms with Crippen LogP contribution in [0.15, 0.2) is 53.3 Å². The Morgan fingerprint density at radius 2 is 1.96 bits per heavy atom. The molecule has 10 heteroatoms. The summed E-state index contributed by atoms with van der Waals surface area (Å²) in [4.78, 5) is 16.7. The van der Waals surface area contributed by atoms with Crippen LogP contribution in [0, 0.1) is 6.92 Å². The van der Waals surface area contributed by atoms with E-state index in [-0.39, 0.29) is 18.1 Å². The third-order valence-corrected chi connectivity index (χ3v) is 5.38. The molecule has 0 spiro atoms. The van der Waals surface area contributed by atoms with Gasteiger partial charge in [-0.2, -0.15) is 0 Å². The Morgan fingerprint density at radius 1 is 1.14 bits per heavy atom. The minimum atomic E-state index is -0.334. The summed E-state index contributed by atoms with van der Waals surface area (Å²) in [7, 11) is 0. The van der Waals surface area contributed by atoms with Crippen molar-refractivity contribution >= 4 is 33.2 Å². The van der Waals surface area contributed by atoms with Crippen molar-refractivity contribution < 1.29 is 4.79 Å². The number of benzene rings is 1. The molecule has 0 unspecified atom stereocenters. The molecule has 140 valence electrons. The van der Waals surface area contributed by atoms with E-state index in [1.807, 2.05) is 49.4 Å². The minimum absolute atomic E-state index is 0.209. The predicted octanol–water partition coefficient (Wildman–Crippen LogP) is 3.18. The van der Waals surface area contributed by atoms with E-state index >= 15 is 0 Å². The highest BCUT2D eigenvalue weighted by molar-refractivity contribution is 9.10. The molecule has 0 saturated heterocycles. The molecule has 4 rings (SSSR count). The van der Waals surface area contributed by atoms with Crippen LogP contribution in [0.25, 0.3) is 16.3 Å². The first kappa shape index (κ1) is 18.4. The number of hydrogen-bond acceptors (Lipinski definition) is 7. The van der Waals surface area contributed by atoms with E-state index in [4.69, 9.17) is 0 Å². The number of carbonyl (C=O) groups excluding carboxylic acids is 1. The molecule has 3 aromatic heterocycles. The second kappa shape index (κ2) is 7.95. The van der Waals surface area contributed by atoms with Crippen molar-refractivity contribution in [1.29, 1.82) is 0 Å². The number of aryl methyl sites for hydroxylation is 1. The highest BCUT2D eigenvalue weighted by atomic mass is 79.9. The number of pyridine rings is 1. The number of aromatic nitrogens is 6. The first-order valence-corrected chi connectivity index (χ1v) is 9.93. The van der Waals surface area contributed by atoms with Gasteiger partial charge in [0, 0.05) is 11.3 Å². The highest BCUT2D eigenvalue weighted by Gasteiger charge is 2.14. The number of carbonyl (C=O) groups is 1. The smallest absolute Gasteiger partial charge is 0.273 e. The van der Waals surface area contributed by atoms with Gasteiger partial charge in [-0.05, 0) is 35.0 Å². The molecule has 4 aromatic rings. The summed E-state index contributed by atoms with van der Waals surface area (Å²) in [5.41, 5.74) is 2.78. The zero-order chi connectivity index (χ0) is 19.5. The van der Waals surface area contributed by atoms with Crippen LogP contribution in [0.3, 0.4) is 0 Å². The topological polar surface area (TPSA) is 98.5 Å². The fourth-order valence-corrected chi connectivity index (χ4v) is 3.82. The Hall–Kier alpha value is -2.98. The van der Waals surface area contributed by atoms with E-state index in [9.17, 15) is 4.79 Å². The number of amides is 1. The summed E-state index contributed by atoms with van der Waals surface area (Å²) in [5.74, 6) is -0.334. The summed E-state index contributed by atoms with van der Waals surface area (Å²) in [5, 5.41) is 20.6. The van der Waals surface area contributed by atoms with Crippen molar-refractivity contribution in [3.8, 4) is 16.3 Å². The number of nitrogens with zero attached hydrogens (tertiary/aromatic N) is 6. The van der Waals surface area contributed by atoms with Crippen LogP contribution in [0.2, 0.25) is 0 Å². The number of nitrogens with one attached hydrogen (secondary N) is 1. The third-order valence-electron chi connectivity index (χ3n) is 3.83. The third kappa shape index (κ3) is 3.97. The maximum Gasteiger partial charge on any atom is 0.273 e. The molecule has 0 aliphatic carbocycles. The Morgan fingerprint density at radius 3 is 2.75 bits per heavy atom. The molecule has 1 N–H and O–H groups in total. The van der Waals surface area contributed by atoms with E-state index in [2.05, 4.69) is 46.7 Å². The summed E-state index contributed by atoms with van der Waals surface area (Å²) in [6, 6.07) is 13.5. The van der Waals surface area contributed by atoms with E-state index < -0.39 is 0 Å². The molecule has 0 aliphatic rings. The Bertz CT molecular complexity index is 1130. The van der Waals surface area contributed by atoms with Gasteiger partial charge >= 0.3 is 0 Å². The van der Waals surface area contributed by atoms with Crippen molar-refractivity contribution in [2.24, 2.45) is 0 Å². The molecule has 0 saturated carbocycles. The fourth-order valence-electron chi connectivity index (χ4n) is 2.44. The summed E-state index contributed by atoms with van der Waals surface area (Å²) >= 11 is 4.83. The molecule has 3 heterocycles. The molecule has 0 radical (unpaired) electrons. The first-order chi connectivity index (χ1) is 13.6. The maximum absolute atomic E-state index is 12.4. The van der Waals surface area contributed by atoms with Gasteiger partial charge in [-0.25, -0.2) is 9.67 Å². The second-order valence-corrected chi connectivity index (χ2v) is 7.67. The molecule has 28 heavy (non-hydrogen) atoms. The molecule has 1 amide bonds. The number of hydrogen-bond donors (Lipinski definition) is 1. The summed E-state index contributed by atoms with van der Waals surface area (Å²) in [6.45, 7) is 2.16. The maximum atomic E-state index is 12.4. The average molecular weight is 456 g/mol. The predicted molar refractivity (Wildman–Crippen MR) is 108 cm³/mol. The molecular formula is C18H14BrN7OS. The number of rotatable bonds is 5. The zero-order valence-corrected chi connectivity index (χ0v) is 17.1. The molecule has 8 nitrogen and oxygen atoms in total. The van der Waals surface area contributed by atoms with Gasteiger partial charge in [0.15, 0.2) is 5.69 Å². The lowest BCUT2D eigenvalue weighted by atomic mass is 10.2. The lowest BCUT2D eigenvalue weighted by molar-refractivity contribution is 0.0945. The van der Waals surface area contributed by atoms with Crippen LogP contribution < -0.4 is 5.32 Å². The molecule has 0 fully saturated rings. The van der Waals surface area contributed by atoms with Gasteiger partial charge in [-0.15, -0.1) is 15.3 Å². The van der Waals surface area contributed by atoms with E-state index in [0.29, 0.717) is 15.3 Å². The minimum Gasteiger partial charge on any atom is -0.344 e. The monoisotopic (exact) mass is 455 g/mol. The van der Waals surface area contributed by atoms with Gasteiger partial charge in [0.1, 0.15) is 14.6 Å². The Balaban J connectivity index is 1.42. The van der Waals surface area contributed by atoms with E-state index in [1.165, 1.54) is 16.0 Å². The fraction of sp³-hybridized carbons (Fsp3) is 0.111. The van der Waals surface area contributed by atoms with Crippen molar-refractivity contribution in [2.45, 2.75) is 13.5 Å². The van der Waals surface area contributed by atoms with Crippen LogP contribution in [-0.2, 0) is 6.54 Å². The zero-order valence-electron chi connectivity index (χ0n) is 14.7. The van der Waals surface area contributed by atoms with Gasteiger partial charge in [0.2, 0.25) is 0 Å². The molecule has 0 atom stereocenters. The largest absolute Gasteiger partial charge is 0.344 e. The molecule has 1 aromatic carbocycles. The summed E-state index contributed by atoms with van der Waals surface area (Å²) in [6.07, 6.45) is 1.56. The van der Waals surface area contributed by atoms with Crippen LogP contribution in [0.4, 0.5) is 0 Å². The lowest BCUT2D eigenvalue weighted by Gasteiger charge is -2.03. The van der Waals surface area contributed by atoms with Gasteiger partial charge in [0.25, 0.3) is 5.91 Å². The quantitative estimate of drug-likeness (QED) is 0.464. The van der Waals surface area contributed by atoms with Crippen molar-refractivity contribution in [3.63, 3.8) is 0 Å². The van der Waals surface area contributed by atoms with Gasteiger partial charge in [0.05, 0.1) is 18.4 Å². The van der Waals surface area contributed by atoms with Crippen LogP contribution in [0.5, 0.6) is 0 Å². The standard InChI is InChI=1S/C18H14BrN7OS/c1-11-7-8-14(16(19)21-11)26-10-13(22-25-26)17(27)20-9-15-23-24-18(28-15)12-5-3-2-4-6-12/h2-8,10H,9H2,1H3,(H,20,27). The SMILES string of the molecule is Cc1ccc(-n2cc(C(=O)NCc3nnc(-c4ccccc4)s3)nn2)c(Br)n1. The Kier molecular flexibility index (Phi) is 5.22. The lowest BCUT2D eigenvalue weighted by Crippen LogP contribution is -2.23. The van der Waals surface area contributed by atoms with Crippen LogP contribution in [0.1, 0.15) is 21.2 Å². The molecule has 0 aliphatic heterocycles. The van der Waals surface area contributed by atoms with Gasteiger partial charge < -0.3 is 5.32 Å². The Labute approximate surface area is 172 Å². The molecule has 0 bridgehead atoms. The molecular weight excluding hydrogens is 442 g/mol. The van der Waals surface area contributed by atoms with Crippen molar-refractivity contribution in [1.82, 2.24) is 35.5 Å². The van der Waals surface area contributed by atoms with E-state index in [1.54, 1.807) is 6.20 Å². The van der Waals surface area contributed by atoms with Crippen LogP contribution in [-0.4, -0.2) is 36.1 Å². The van der Waals surface area contributed by atoms with Crippen LogP contribution >= 0.6 is 27.3 Å². The normalized spacial score (nSPS) is 10.8. The number of halogens is 1. The van der Waals surface area contributed by atoms with Gasteiger partial charge in [-0.1, -0.05) is 46.9 Å². The second-order valence-electron chi connectivity index (χ2n) is 5.86. The average Bonchev–Trinajstić information content (AvgIpc) is 3.37. The van der Waals surface area contributed by atoms with E-state index in [0.717, 1.165) is 16.3 Å². The van der Waals surface area contributed by atoms with Crippen molar-refractivity contribution in [3.05, 3.63) is 69.7 Å². The highest BCUT2D eigenvalue weighted by Crippen LogP contribution is 2.23.